The molecule has 1 aromatic rings. The van der Waals surface area contributed by atoms with E-state index >= 15 is 0 Å². The third-order valence-corrected chi connectivity index (χ3v) is 6.65. The Morgan fingerprint density at radius 2 is 1.58 bits per heavy atom. The third-order valence-electron chi connectivity index (χ3n) is 6.65. The lowest BCUT2D eigenvalue weighted by Gasteiger charge is -2.40. The van der Waals surface area contributed by atoms with Crippen LogP contribution in [0.25, 0.3) is 0 Å². The summed E-state index contributed by atoms with van der Waals surface area (Å²) in [5.41, 5.74) is 2.67. The van der Waals surface area contributed by atoms with Crippen LogP contribution in [0, 0.1) is 5.92 Å². The van der Waals surface area contributed by atoms with Gasteiger partial charge in [-0.25, -0.2) is 4.99 Å². The van der Waals surface area contributed by atoms with Crippen molar-refractivity contribution in [3.63, 3.8) is 0 Å². The van der Waals surface area contributed by atoms with Crippen molar-refractivity contribution >= 4 is 5.96 Å². The van der Waals surface area contributed by atoms with Gasteiger partial charge in [0, 0.05) is 51.9 Å². The van der Waals surface area contributed by atoms with Crippen LogP contribution in [0.3, 0.4) is 0 Å². The Kier molecular flexibility index (Phi) is 9.62. The molecule has 1 atom stereocenters. The predicted molar refractivity (Wildman–Crippen MR) is 131 cm³/mol. The van der Waals surface area contributed by atoms with Crippen LogP contribution < -0.4 is 10.6 Å². The molecule has 0 amide bonds. The molecule has 2 heterocycles. The van der Waals surface area contributed by atoms with Gasteiger partial charge in [0.2, 0.25) is 0 Å². The van der Waals surface area contributed by atoms with E-state index in [1.807, 2.05) is 0 Å². The number of likely N-dealkylation sites (N-methyl/N-ethyl adjacent to an activating group) is 1. The molecule has 0 saturated carbocycles. The van der Waals surface area contributed by atoms with Crippen molar-refractivity contribution in [3.8, 4) is 0 Å². The molecule has 0 radical (unpaired) electrons. The van der Waals surface area contributed by atoms with Gasteiger partial charge in [0.15, 0.2) is 5.96 Å². The van der Waals surface area contributed by atoms with Gasteiger partial charge in [0.05, 0.1) is 6.54 Å². The van der Waals surface area contributed by atoms with Gasteiger partial charge < -0.3 is 15.5 Å². The highest BCUT2D eigenvalue weighted by Gasteiger charge is 2.25. The Morgan fingerprint density at radius 1 is 0.935 bits per heavy atom. The van der Waals surface area contributed by atoms with Gasteiger partial charge in [0.25, 0.3) is 0 Å². The summed E-state index contributed by atoms with van der Waals surface area (Å²) in [6.45, 7) is 17.5. The molecule has 31 heavy (non-hydrogen) atoms. The van der Waals surface area contributed by atoms with Crippen LogP contribution in [0.2, 0.25) is 0 Å². The maximum atomic E-state index is 4.86. The SMILES string of the molecule is CCNC(=NCc1ccc(CN2CCCC2)cc1)NCC(C(C)C)N1CCN(C)CC1. The number of aliphatic imine (C=N–C) groups is 1. The minimum absolute atomic E-state index is 0.530. The Balaban J connectivity index is 1.52. The van der Waals surface area contributed by atoms with E-state index in [2.05, 4.69) is 77.4 Å². The van der Waals surface area contributed by atoms with E-state index in [0.717, 1.165) is 51.8 Å². The minimum Gasteiger partial charge on any atom is -0.357 e. The maximum absolute atomic E-state index is 4.86. The van der Waals surface area contributed by atoms with E-state index in [9.17, 15) is 0 Å². The molecule has 0 aliphatic carbocycles. The molecule has 1 unspecified atom stereocenters. The second-order valence-corrected chi connectivity index (χ2v) is 9.53. The van der Waals surface area contributed by atoms with Crippen LogP contribution in [-0.4, -0.2) is 86.1 Å². The van der Waals surface area contributed by atoms with E-state index in [1.165, 1.54) is 37.1 Å². The van der Waals surface area contributed by atoms with E-state index in [0.29, 0.717) is 18.5 Å². The molecule has 3 rings (SSSR count). The second-order valence-electron chi connectivity index (χ2n) is 9.53. The van der Waals surface area contributed by atoms with Crippen LogP contribution in [-0.2, 0) is 13.1 Å². The van der Waals surface area contributed by atoms with Crippen molar-refractivity contribution in [2.24, 2.45) is 10.9 Å². The first-order valence-corrected chi connectivity index (χ1v) is 12.3. The molecular weight excluding hydrogens is 384 g/mol. The number of likely N-dealkylation sites (tertiary alicyclic amines) is 1. The fourth-order valence-corrected chi connectivity index (χ4v) is 4.60. The smallest absolute Gasteiger partial charge is 0.191 e. The van der Waals surface area contributed by atoms with Crippen molar-refractivity contribution in [2.75, 3.05) is 59.4 Å². The van der Waals surface area contributed by atoms with Crippen molar-refractivity contribution in [1.29, 1.82) is 0 Å². The van der Waals surface area contributed by atoms with Crippen LogP contribution in [0.15, 0.2) is 29.3 Å². The lowest BCUT2D eigenvalue weighted by atomic mass is 10.0. The zero-order chi connectivity index (χ0) is 22.1. The molecule has 174 valence electrons. The molecule has 2 aliphatic heterocycles. The van der Waals surface area contributed by atoms with Gasteiger partial charge in [-0.15, -0.1) is 0 Å². The van der Waals surface area contributed by atoms with Crippen molar-refractivity contribution in [2.45, 2.75) is 52.7 Å². The van der Waals surface area contributed by atoms with Crippen LogP contribution in [0.4, 0.5) is 0 Å². The van der Waals surface area contributed by atoms with Gasteiger partial charge in [-0.3, -0.25) is 9.80 Å². The maximum Gasteiger partial charge on any atom is 0.191 e. The number of rotatable bonds is 9. The lowest BCUT2D eigenvalue weighted by molar-refractivity contribution is 0.0900. The van der Waals surface area contributed by atoms with Crippen molar-refractivity contribution in [3.05, 3.63) is 35.4 Å². The predicted octanol–water partition coefficient (Wildman–Crippen LogP) is 2.61. The van der Waals surface area contributed by atoms with Crippen LogP contribution in [0.1, 0.15) is 44.7 Å². The number of hydrogen-bond donors (Lipinski definition) is 2. The number of nitrogens with zero attached hydrogens (tertiary/aromatic N) is 4. The highest BCUT2D eigenvalue weighted by atomic mass is 15.3. The Hall–Kier alpha value is -1.63. The number of piperazine rings is 1. The summed E-state index contributed by atoms with van der Waals surface area (Å²) in [6, 6.07) is 9.54. The van der Waals surface area contributed by atoms with E-state index < -0.39 is 0 Å². The average molecular weight is 429 g/mol. The highest BCUT2D eigenvalue weighted by molar-refractivity contribution is 5.79. The molecule has 6 heteroatoms. The largest absolute Gasteiger partial charge is 0.357 e. The standard InChI is InChI=1S/C25H44N6/c1-5-26-25(28-19-24(21(2)3)31-16-14-29(4)15-17-31)27-18-22-8-10-23(11-9-22)20-30-12-6-7-13-30/h8-11,21,24H,5-7,12-20H2,1-4H3,(H2,26,27,28). The molecule has 2 aliphatic rings. The lowest BCUT2D eigenvalue weighted by Crippen LogP contribution is -2.55. The fraction of sp³-hybridized carbons (Fsp3) is 0.720. The van der Waals surface area contributed by atoms with Gasteiger partial charge in [-0.2, -0.15) is 0 Å². The van der Waals surface area contributed by atoms with Crippen LogP contribution >= 0.6 is 0 Å². The molecule has 2 fully saturated rings. The zero-order valence-electron chi connectivity index (χ0n) is 20.2. The Labute approximate surface area is 190 Å². The molecule has 2 saturated heterocycles. The van der Waals surface area contributed by atoms with Crippen molar-refractivity contribution < 1.29 is 0 Å². The Morgan fingerprint density at radius 3 is 2.19 bits per heavy atom. The number of nitrogens with one attached hydrogen (secondary N) is 2. The molecule has 0 spiro atoms. The molecule has 2 N–H and O–H groups in total. The first-order valence-electron chi connectivity index (χ1n) is 12.3. The Bertz CT molecular complexity index is 657. The van der Waals surface area contributed by atoms with E-state index in [4.69, 9.17) is 4.99 Å². The second kappa shape index (κ2) is 12.4. The normalized spacial score (nSPS) is 20.4. The molecular formula is C25H44N6. The molecule has 0 bridgehead atoms. The van der Waals surface area contributed by atoms with E-state index in [-0.39, 0.29) is 0 Å². The quantitative estimate of drug-likeness (QED) is 0.468. The molecule has 0 aromatic heterocycles. The summed E-state index contributed by atoms with van der Waals surface area (Å²) >= 11 is 0. The summed E-state index contributed by atoms with van der Waals surface area (Å²) in [7, 11) is 2.22. The van der Waals surface area contributed by atoms with Gasteiger partial charge in [-0.05, 0) is 56.9 Å². The fourth-order valence-electron chi connectivity index (χ4n) is 4.60. The monoisotopic (exact) mass is 428 g/mol. The number of benzene rings is 1. The number of hydrogen-bond acceptors (Lipinski definition) is 4. The third kappa shape index (κ3) is 7.78. The first-order chi connectivity index (χ1) is 15.0. The topological polar surface area (TPSA) is 46.1 Å². The zero-order valence-corrected chi connectivity index (χ0v) is 20.2. The van der Waals surface area contributed by atoms with Gasteiger partial charge in [0.1, 0.15) is 0 Å². The van der Waals surface area contributed by atoms with Crippen molar-refractivity contribution in [1.82, 2.24) is 25.3 Å². The van der Waals surface area contributed by atoms with Gasteiger partial charge >= 0.3 is 0 Å². The summed E-state index contributed by atoms with van der Waals surface area (Å²) < 4.78 is 0. The molecule has 1 aromatic carbocycles. The molecule has 6 nitrogen and oxygen atoms in total. The summed E-state index contributed by atoms with van der Waals surface area (Å²) in [5.74, 6) is 1.53. The van der Waals surface area contributed by atoms with Gasteiger partial charge in [-0.1, -0.05) is 38.1 Å². The first kappa shape index (κ1) is 24.0. The van der Waals surface area contributed by atoms with Crippen LogP contribution in [0.5, 0.6) is 0 Å². The summed E-state index contributed by atoms with van der Waals surface area (Å²) in [6.07, 6.45) is 2.69. The number of guanidine groups is 1. The minimum atomic E-state index is 0.530. The highest BCUT2D eigenvalue weighted by Crippen LogP contribution is 2.14. The summed E-state index contributed by atoms with van der Waals surface area (Å²) in [4.78, 5) is 12.5. The summed E-state index contributed by atoms with van der Waals surface area (Å²) in [5, 5.41) is 7.04. The van der Waals surface area contributed by atoms with E-state index in [1.54, 1.807) is 0 Å². The average Bonchev–Trinajstić information content (AvgIpc) is 3.27.